The van der Waals surface area contributed by atoms with Crippen LogP contribution in [0.1, 0.15) is 47.6 Å². The van der Waals surface area contributed by atoms with E-state index in [0.717, 1.165) is 22.5 Å². The van der Waals surface area contributed by atoms with Gasteiger partial charge in [0, 0.05) is 23.0 Å². The molecule has 0 atom stereocenters. The predicted molar refractivity (Wildman–Crippen MR) is 107 cm³/mol. The van der Waals surface area contributed by atoms with Gasteiger partial charge in [0.25, 0.3) is 0 Å². The van der Waals surface area contributed by atoms with Gasteiger partial charge in [-0.15, -0.1) is 0 Å². The van der Waals surface area contributed by atoms with E-state index in [2.05, 4.69) is 58.0 Å². The number of hydrogen-bond donors (Lipinski definition) is 0. The van der Waals surface area contributed by atoms with Crippen LogP contribution in [0.4, 0.5) is 0 Å². The lowest BCUT2D eigenvalue weighted by Crippen LogP contribution is -2.02. The third-order valence-electron chi connectivity index (χ3n) is 4.62. The van der Waals surface area contributed by atoms with Gasteiger partial charge >= 0.3 is 5.63 Å². The van der Waals surface area contributed by atoms with E-state index in [9.17, 15) is 4.79 Å². The van der Waals surface area contributed by atoms with Crippen LogP contribution in [-0.4, -0.2) is 0 Å². The zero-order valence-corrected chi connectivity index (χ0v) is 16.1. The van der Waals surface area contributed by atoms with Crippen LogP contribution in [0.25, 0.3) is 11.0 Å². The van der Waals surface area contributed by atoms with Crippen LogP contribution in [0, 0.1) is 13.8 Å². The van der Waals surface area contributed by atoms with Crippen molar-refractivity contribution in [2.75, 3.05) is 0 Å². The summed E-state index contributed by atoms with van der Waals surface area (Å²) in [6.45, 7) is 8.61. The van der Waals surface area contributed by atoms with Crippen molar-refractivity contribution >= 4 is 22.7 Å². The zero-order chi connectivity index (χ0) is 18.0. The fourth-order valence-corrected chi connectivity index (χ4v) is 4.28. The largest absolute Gasteiger partial charge is 0.423 e. The molecule has 1 aromatic heterocycles. The SMILES string of the molecule is Cc1ccccc1CSCc1cc(=O)oc2cc(C)c(C(C)C)cc12. The molecule has 0 aliphatic carbocycles. The summed E-state index contributed by atoms with van der Waals surface area (Å²) in [5.41, 5.74) is 6.63. The van der Waals surface area contributed by atoms with Crippen molar-refractivity contribution < 1.29 is 4.42 Å². The average Bonchev–Trinajstić information content (AvgIpc) is 2.55. The second kappa shape index (κ2) is 7.49. The molecule has 2 nitrogen and oxygen atoms in total. The van der Waals surface area contributed by atoms with Gasteiger partial charge in [0.15, 0.2) is 0 Å². The van der Waals surface area contributed by atoms with E-state index in [1.807, 2.05) is 17.8 Å². The van der Waals surface area contributed by atoms with Gasteiger partial charge < -0.3 is 4.42 Å². The topological polar surface area (TPSA) is 30.2 Å². The van der Waals surface area contributed by atoms with Gasteiger partial charge in [-0.2, -0.15) is 11.8 Å². The van der Waals surface area contributed by atoms with Crippen molar-refractivity contribution in [3.05, 3.63) is 80.7 Å². The van der Waals surface area contributed by atoms with Crippen molar-refractivity contribution in [2.45, 2.75) is 45.1 Å². The van der Waals surface area contributed by atoms with Crippen LogP contribution in [0.15, 0.2) is 51.7 Å². The minimum absolute atomic E-state index is 0.268. The number of fused-ring (bicyclic) bond motifs is 1. The highest BCUT2D eigenvalue weighted by molar-refractivity contribution is 7.97. The first-order chi connectivity index (χ1) is 12.0. The van der Waals surface area contributed by atoms with Gasteiger partial charge in [-0.3, -0.25) is 0 Å². The molecule has 0 radical (unpaired) electrons. The Bertz CT molecular complexity index is 954. The number of rotatable bonds is 5. The summed E-state index contributed by atoms with van der Waals surface area (Å²) in [7, 11) is 0. The summed E-state index contributed by atoms with van der Waals surface area (Å²) in [4.78, 5) is 11.9. The standard InChI is InChI=1S/C22H24O2S/c1-14(2)19-11-20-18(10-22(23)24-21(20)9-16(19)4)13-25-12-17-8-6-5-7-15(17)3/h5-11,14H,12-13H2,1-4H3. The fraction of sp³-hybridized carbons (Fsp3) is 0.318. The second-order valence-corrected chi connectivity index (χ2v) is 7.86. The van der Waals surface area contributed by atoms with Gasteiger partial charge in [0.1, 0.15) is 5.58 Å². The average molecular weight is 352 g/mol. The molecule has 3 aromatic rings. The maximum Gasteiger partial charge on any atom is 0.336 e. The van der Waals surface area contributed by atoms with Gasteiger partial charge in [-0.25, -0.2) is 4.79 Å². The molecular formula is C22H24O2S. The van der Waals surface area contributed by atoms with Crippen molar-refractivity contribution in [3.63, 3.8) is 0 Å². The van der Waals surface area contributed by atoms with E-state index in [-0.39, 0.29) is 5.63 Å². The summed E-state index contributed by atoms with van der Waals surface area (Å²) < 4.78 is 5.44. The molecule has 0 aliphatic heterocycles. The van der Waals surface area contributed by atoms with Gasteiger partial charge in [-0.1, -0.05) is 38.1 Å². The van der Waals surface area contributed by atoms with Crippen molar-refractivity contribution in [2.24, 2.45) is 0 Å². The van der Waals surface area contributed by atoms with Gasteiger partial charge in [0.2, 0.25) is 0 Å². The zero-order valence-electron chi connectivity index (χ0n) is 15.3. The normalized spacial score (nSPS) is 11.4. The number of aryl methyl sites for hydroxylation is 2. The van der Waals surface area contributed by atoms with E-state index in [1.165, 1.54) is 22.3 Å². The lowest BCUT2D eigenvalue weighted by molar-refractivity contribution is 0.559. The van der Waals surface area contributed by atoms with Crippen LogP contribution >= 0.6 is 11.8 Å². The quantitative estimate of drug-likeness (QED) is 0.530. The Morgan fingerprint density at radius 1 is 0.960 bits per heavy atom. The third-order valence-corrected chi connectivity index (χ3v) is 5.65. The fourth-order valence-electron chi connectivity index (χ4n) is 3.18. The van der Waals surface area contributed by atoms with Crippen LogP contribution in [0.3, 0.4) is 0 Å². The summed E-state index contributed by atoms with van der Waals surface area (Å²) in [6, 6.07) is 14.3. The Kier molecular flexibility index (Phi) is 5.33. The first kappa shape index (κ1) is 17.8. The van der Waals surface area contributed by atoms with Gasteiger partial charge in [-0.05, 0) is 59.7 Å². The van der Waals surface area contributed by atoms with Gasteiger partial charge in [0.05, 0.1) is 0 Å². The van der Waals surface area contributed by atoms with E-state index in [1.54, 1.807) is 6.07 Å². The van der Waals surface area contributed by atoms with E-state index < -0.39 is 0 Å². The Morgan fingerprint density at radius 2 is 1.68 bits per heavy atom. The number of hydrogen-bond acceptors (Lipinski definition) is 3. The molecule has 25 heavy (non-hydrogen) atoms. The molecule has 0 bridgehead atoms. The Balaban J connectivity index is 1.91. The monoisotopic (exact) mass is 352 g/mol. The number of thioether (sulfide) groups is 1. The molecule has 1 heterocycles. The molecule has 3 rings (SSSR count). The smallest absolute Gasteiger partial charge is 0.336 e. The van der Waals surface area contributed by atoms with Crippen LogP contribution < -0.4 is 5.63 Å². The maximum absolute atomic E-state index is 11.9. The highest BCUT2D eigenvalue weighted by atomic mass is 32.2. The molecule has 130 valence electrons. The lowest BCUT2D eigenvalue weighted by Gasteiger charge is -2.13. The van der Waals surface area contributed by atoms with Crippen LogP contribution in [-0.2, 0) is 11.5 Å². The summed E-state index contributed by atoms with van der Waals surface area (Å²) in [5, 5.41) is 1.06. The van der Waals surface area contributed by atoms with E-state index in [4.69, 9.17) is 4.42 Å². The maximum atomic E-state index is 11.9. The minimum Gasteiger partial charge on any atom is -0.423 e. The summed E-state index contributed by atoms with van der Waals surface area (Å²) in [5.74, 6) is 2.19. The van der Waals surface area contributed by atoms with Crippen molar-refractivity contribution in [1.82, 2.24) is 0 Å². The second-order valence-electron chi connectivity index (χ2n) is 6.87. The Hall–Kier alpha value is -2.00. The lowest BCUT2D eigenvalue weighted by atomic mass is 9.95. The molecule has 0 saturated heterocycles. The summed E-state index contributed by atoms with van der Waals surface area (Å²) in [6.07, 6.45) is 0. The first-order valence-electron chi connectivity index (χ1n) is 8.65. The third kappa shape index (κ3) is 3.98. The molecule has 0 N–H and O–H groups in total. The molecule has 0 fully saturated rings. The van der Waals surface area contributed by atoms with Crippen molar-refractivity contribution in [1.29, 1.82) is 0 Å². The summed E-state index contributed by atoms with van der Waals surface area (Å²) >= 11 is 1.84. The molecule has 0 unspecified atom stereocenters. The van der Waals surface area contributed by atoms with E-state index in [0.29, 0.717) is 11.5 Å². The van der Waals surface area contributed by atoms with Crippen LogP contribution in [0.2, 0.25) is 0 Å². The molecule has 0 amide bonds. The molecular weight excluding hydrogens is 328 g/mol. The highest BCUT2D eigenvalue weighted by Crippen LogP contribution is 2.29. The predicted octanol–water partition coefficient (Wildman–Crippen LogP) is 5.97. The molecule has 0 aliphatic rings. The Morgan fingerprint density at radius 3 is 2.40 bits per heavy atom. The minimum atomic E-state index is -0.268. The molecule has 3 heteroatoms. The van der Waals surface area contributed by atoms with Crippen molar-refractivity contribution in [3.8, 4) is 0 Å². The van der Waals surface area contributed by atoms with E-state index >= 15 is 0 Å². The Labute approximate surface area is 153 Å². The number of benzene rings is 2. The first-order valence-corrected chi connectivity index (χ1v) is 9.80. The van der Waals surface area contributed by atoms with Crippen LogP contribution in [0.5, 0.6) is 0 Å². The molecule has 0 saturated carbocycles. The molecule has 0 spiro atoms. The highest BCUT2D eigenvalue weighted by Gasteiger charge is 2.11. The molecule has 2 aromatic carbocycles.